The highest BCUT2D eigenvalue weighted by Crippen LogP contribution is 2.33. The lowest BCUT2D eigenvalue weighted by molar-refractivity contribution is -0.153. The van der Waals surface area contributed by atoms with Gasteiger partial charge in [0.2, 0.25) is 5.91 Å². The van der Waals surface area contributed by atoms with Gasteiger partial charge in [-0.2, -0.15) is 13.2 Å². The Balaban J connectivity index is 1.74. The van der Waals surface area contributed by atoms with Gasteiger partial charge in [-0.05, 0) is 50.3 Å². The predicted octanol–water partition coefficient (Wildman–Crippen LogP) is 4.93. The third-order valence-corrected chi connectivity index (χ3v) is 6.73. The van der Waals surface area contributed by atoms with Gasteiger partial charge in [0.25, 0.3) is 0 Å². The van der Waals surface area contributed by atoms with Crippen LogP contribution in [0.15, 0.2) is 18.2 Å². The summed E-state index contributed by atoms with van der Waals surface area (Å²) < 4.78 is 58.9. The molecule has 1 aliphatic carbocycles. The third kappa shape index (κ3) is 6.43. The van der Waals surface area contributed by atoms with Crippen LogP contribution >= 0.6 is 0 Å². The van der Waals surface area contributed by atoms with Crippen LogP contribution in [0.2, 0.25) is 0 Å². The maximum Gasteiger partial charge on any atom is 0.410 e. The van der Waals surface area contributed by atoms with Crippen LogP contribution in [0.1, 0.15) is 64.0 Å². The van der Waals surface area contributed by atoms with Gasteiger partial charge in [-0.25, -0.2) is 9.18 Å². The molecule has 3 atom stereocenters. The molecule has 3 rings (SSSR count). The van der Waals surface area contributed by atoms with Gasteiger partial charge in [0, 0.05) is 0 Å². The summed E-state index contributed by atoms with van der Waals surface area (Å²) in [5.41, 5.74) is 0.108. The molecule has 2 N–H and O–H groups in total. The average molecular weight is 502 g/mol. The second-order valence-electron chi connectivity index (χ2n) is 9.08. The van der Waals surface area contributed by atoms with Crippen molar-refractivity contribution in [2.75, 3.05) is 18.5 Å². The van der Waals surface area contributed by atoms with Gasteiger partial charge >= 0.3 is 18.2 Å². The largest absolute Gasteiger partial charge is 0.465 e. The maximum atomic E-state index is 14.9. The molecule has 1 aromatic rings. The van der Waals surface area contributed by atoms with Crippen molar-refractivity contribution in [3.8, 4) is 0 Å². The van der Waals surface area contributed by atoms with E-state index < -0.39 is 54.4 Å². The molecule has 35 heavy (non-hydrogen) atoms. The summed E-state index contributed by atoms with van der Waals surface area (Å²) in [5.74, 6) is -3.37. The van der Waals surface area contributed by atoms with Gasteiger partial charge in [-0.3, -0.25) is 9.59 Å². The van der Waals surface area contributed by atoms with E-state index in [0.29, 0.717) is 12.8 Å². The molecular weight excluding hydrogens is 470 g/mol. The summed E-state index contributed by atoms with van der Waals surface area (Å²) in [6.07, 6.45) is 0.666. The highest BCUT2D eigenvalue weighted by Gasteiger charge is 2.48. The van der Waals surface area contributed by atoms with Gasteiger partial charge in [-0.1, -0.05) is 31.7 Å². The number of benzene rings is 1. The molecule has 194 valence electrons. The van der Waals surface area contributed by atoms with E-state index in [1.165, 1.54) is 19.1 Å². The van der Waals surface area contributed by atoms with Crippen LogP contribution in [0, 0.1) is 17.7 Å². The zero-order valence-electron chi connectivity index (χ0n) is 19.8. The number of hydrogen-bond acceptors (Lipinski definition) is 4. The normalized spacial score (nSPS) is 21.1. The fourth-order valence-corrected chi connectivity index (χ4v) is 4.75. The fraction of sp³-hybridized carbons (Fsp3) is 0.625. The molecule has 3 amide bonds. The van der Waals surface area contributed by atoms with Crippen molar-refractivity contribution in [1.82, 2.24) is 10.2 Å². The van der Waals surface area contributed by atoms with Crippen molar-refractivity contribution in [3.63, 3.8) is 0 Å². The minimum atomic E-state index is -4.59. The van der Waals surface area contributed by atoms with E-state index in [-0.39, 0.29) is 23.8 Å². The van der Waals surface area contributed by atoms with Crippen LogP contribution in [-0.2, 0) is 14.3 Å². The molecule has 0 radical (unpaired) electrons. The van der Waals surface area contributed by atoms with E-state index in [0.717, 1.165) is 36.6 Å². The van der Waals surface area contributed by atoms with Crippen molar-refractivity contribution in [2.24, 2.45) is 11.8 Å². The molecule has 1 aromatic carbocycles. The summed E-state index contributed by atoms with van der Waals surface area (Å²) in [4.78, 5) is 38.6. The minimum Gasteiger partial charge on any atom is -0.465 e. The summed E-state index contributed by atoms with van der Waals surface area (Å²) in [6.45, 7) is 2.67. The van der Waals surface area contributed by atoms with Crippen molar-refractivity contribution in [3.05, 3.63) is 29.6 Å². The van der Waals surface area contributed by atoms with Gasteiger partial charge in [0.15, 0.2) is 0 Å². The number of rotatable bonds is 7. The topological polar surface area (TPSA) is 87.7 Å². The first-order chi connectivity index (χ1) is 16.5. The summed E-state index contributed by atoms with van der Waals surface area (Å²) in [6, 6.07) is 0.0638. The number of carbonyl (C=O) groups is 3. The molecule has 2 aliphatic rings. The standard InChI is InChI=1S/C24H31F4N3O4/c1-3-35-22(33)20(15-8-6-4-5-7-9-15)21(32)29-18-11-10-16(12-17(18)25)14(2)31-13-19(24(26,27)28)30-23(31)34/h10-12,14-15,19-20H,3-9,13H2,1-2H3,(H,29,32)(H,30,34)/t14-,19-,20?/m0/s1. The molecule has 2 fully saturated rings. The van der Waals surface area contributed by atoms with Gasteiger partial charge in [-0.15, -0.1) is 0 Å². The van der Waals surface area contributed by atoms with Gasteiger partial charge in [0.05, 0.1) is 24.9 Å². The molecule has 0 aromatic heterocycles. The molecular formula is C24H31F4N3O4. The van der Waals surface area contributed by atoms with E-state index in [2.05, 4.69) is 5.32 Å². The molecule has 0 spiro atoms. The zero-order chi connectivity index (χ0) is 25.8. The quantitative estimate of drug-likeness (QED) is 0.240. The van der Waals surface area contributed by atoms with Crippen LogP contribution in [0.3, 0.4) is 0 Å². The number of amides is 3. The smallest absolute Gasteiger partial charge is 0.410 e. The van der Waals surface area contributed by atoms with Crippen LogP contribution in [0.4, 0.5) is 28.0 Å². The minimum absolute atomic E-state index is 0.121. The highest BCUT2D eigenvalue weighted by molar-refractivity contribution is 6.05. The Labute approximate surface area is 201 Å². The monoisotopic (exact) mass is 501 g/mol. The summed E-state index contributed by atoms with van der Waals surface area (Å²) >= 11 is 0. The SMILES string of the molecule is CCOC(=O)C(C(=O)Nc1ccc([C@H](C)N2C[C@@H](C(F)(F)F)NC2=O)cc1F)C1CCCCCC1. The zero-order valence-corrected chi connectivity index (χ0v) is 19.8. The first kappa shape index (κ1) is 26.7. The number of alkyl halides is 3. The molecule has 1 saturated carbocycles. The molecule has 1 aliphatic heterocycles. The number of nitrogens with one attached hydrogen (secondary N) is 2. The number of ether oxygens (including phenoxy) is 1. The summed E-state index contributed by atoms with van der Waals surface area (Å²) in [5, 5.41) is 4.37. The van der Waals surface area contributed by atoms with Crippen molar-refractivity contribution in [1.29, 1.82) is 0 Å². The second kappa shape index (κ2) is 11.3. The van der Waals surface area contributed by atoms with E-state index in [9.17, 15) is 31.9 Å². The predicted molar refractivity (Wildman–Crippen MR) is 120 cm³/mol. The lowest BCUT2D eigenvalue weighted by atomic mass is 9.85. The van der Waals surface area contributed by atoms with Gasteiger partial charge in [0.1, 0.15) is 17.8 Å². The van der Waals surface area contributed by atoms with Crippen LogP contribution in [0.5, 0.6) is 0 Å². The lowest BCUT2D eigenvalue weighted by Crippen LogP contribution is -2.40. The Morgan fingerprint density at radius 2 is 1.86 bits per heavy atom. The number of halogens is 4. The Morgan fingerprint density at radius 1 is 1.20 bits per heavy atom. The van der Waals surface area contributed by atoms with Crippen LogP contribution < -0.4 is 10.6 Å². The second-order valence-corrected chi connectivity index (χ2v) is 9.08. The molecule has 11 heteroatoms. The average Bonchev–Trinajstić information content (AvgIpc) is 3.00. The number of urea groups is 1. The lowest BCUT2D eigenvalue weighted by Gasteiger charge is -2.25. The van der Waals surface area contributed by atoms with Gasteiger partial charge < -0.3 is 20.3 Å². The van der Waals surface area contributed by atoms with E-state index in [1.807, 2.05) is 5.32 Å². The van der Waals surface area contributed by atoms with E-state index in [4.69, 9.17) is 4.74 Å². The number of hydrogen-bond donors (Lipinski definition) is 2. The molecule has 1 heterocycles. The number of esters is 1. The Hall–Kier alpha value is -2.85. The van der Waals surface area contributed by atoms with E-state index in [1.54, 1.807) is 6.92 Å². The van der Waals surface area contributed by atoms with Crippen molar-refractivity contribution < 1.29 is 36.7 Å². The summed E-state index contributed by atoms with van der Waals surface area (Å²) in [7, 11) is 0. The Kier molecular flexibility index (Phi) is 8.60. The third-order valence-electron chi connectivity index (χ3n) is 6.73. The van der Waals surface area contributed by atoms with Crippen LogP contribution in [-0.4, -0.2) is 48.2 Å². The number of nitrogens with zero attached hydrogens (tertiary/aromatic N) is 1. The maximum absolute atomic E-state index is 14.9. The molecule has 7 nitrogen and oxygen atoms in total. The fourth-order valence-electron chi connectivity index (χ4n) is 4.75. The Morgan fingerprint density at radius 3 is 2.40 bits per heavy atom. The van der Waals surface area contributed by atoms with E-state index >= 15 is 0 Å². The van der Waals surface area contributed by atoms with Crippen LogP contribution in [0.25, 0.3) is 0 Å². The first-order valence-corrected chi connectivity index (χ1v) is 11.9. The molecule has 1 saturated heterocycles. The number of carbonyl (C=O) groups excluding carboxylic acids is 3. The van der Waals surface area contributed by atoms with Crippen molar-refractivity contribution >= 4 is 23.6 Å². The molecule has 0 bridgehead atoms. The first-order valence-electron chi connectivity index (χ1n) is 11.9. The highest BCUT2D eigenvalue weighted by atomic mass is 19.4. The van der Waals surface area contributed by atoms with Crippen molar-refractivity contribution in [2.45, 2.75) is 70.6 Å². The Bertz CT molecular complexity index is 932. The molecule has 1 unspecified atom stereocenters. The number of anilines is 1.